The lowest BCUT2D eigenvalue weighted by atomic mass is 10.00. The second kappa shape index (κ2) is 5.65. The Balaban J connectivity index is 2.01. The maximum absolute atomic E-state index is 11.8. The van der Waals surface area contributed by atoms with E-state index in [4.69, 9.17) is 0 Å². The van der Waals surface area contributed by atoms with E-state index >= 15 is 0 Å². The van der Waals surface area contributed by atoms with Crippen molar-refractivity contribution < 1.29 is 4.79 Å². The van der Waals surface area contributed by atoms with Gasteiger partial charge in [-0.15, -0.1) is 0 Å². The highest BCUT2D eigenvalue weighted by atomic mass is 16.2. The van der Waals surface area contributed by atoms with E-state index in [2.05, 4.69) is 17.1 Å². The number of nitriles is 2. The van der Waals surface area contributed by atoms with Gasteiger partial charge < -0.3 is 9.80 Å². The van der Waals surface area contributed by atoms with E-state index < -0.39 is 0 Å². The predicted molar refractivity (Wildman–Crippen MR) is 80.1 cm³/mol. The van der Waals surface area contributed by atoms with Crippen molar-refractivity contribution in [2.24, 2.45) is 0 Å². The van der Waals surface area contributed by atoms with Gasteiger partial charge in [0, 0.05) is 39.3 Å². The van der Waals surface area contributed by atoms with Crippen LogP contribution >= 0.6 is 0 Å². The maximum atomic E-state index is 11.8. The minimum atomic E-state index is 0.108. The molecule has 6 heteroatoms. The van der Waals surface area contributed by atoms with E-state index in [1.807, 2.05) is 4.90 Å². The molecule has 3 rings (SSSR count). The fourth-order valence-electron chi connectivity index (χ4n) is 2.89. The first-order valence-electron chi connectivity index (χ1n) is 7.47. The number of likely N-dealkylation sites (N-methyl/N-ethyl adjacent to an activating group) is 1. The lowest BCUT2D eigenvalue weighted by molar-refractivity contribution is -0.129. The summed E-state index contributed by atoms with van der Waals surface area (Å²) in [5.41, 5.74) is 1.86. The zero-order chi connectivity index (χ0) is 15.7. The van der Waals surface area contributed by atoms with Crippen LogP contribution in [-0.4, -0.2) is 42.5 Å². The quantitative estimate of drug-likeness (QED) is 0.822. The Morgan fingerprint density at radius 3 is 2.64 bits per heavy atom. The molecule has 2 aliphatic rings. The molecule has 1 aromatic rings. The molecule has 1 aliphatic heterocycles. The number of rotatable bonds is 2. The molecule has 22 heavy (non-hydrogen) atoms. The summed E-state index contributed by atoms with van der Waals surface area (Å²) in [6.45, 7) is 1.82. The van der Waals surface area contributed by atoms with Gasteiger partial charge >= 0.3 is 0 Å². The Labute approximate surface area is 129 Å². The number of pyridine rings is 1. The van der Waals surface area contributed by atoms with E-state index in [0.717, 1.165) is 18.4 Å². The number of aromatic nitrogens is 1. The van der Waals surface area contributed by atoms with Gasteiger partial charge in [-0.3, -0.25) is 4.79 Å². The monoisotopic (exact) mass is 295 g/mol. The van der Waals surface area contributed by atoms with Crippen LogP contribution in [0.5, 0.6) is 0 Å². The first kappa shape index (κ1) is 14.3. The Kier molecular flexibility index (Phi) is 3.68. The van der Waals surface area contributed by atoms with Gasteiger partial charge in [0.1, 0.15) is 18.0 Å². The SMILES string of the molecule is CN1CCN(c2ncc(C#N)c(C3CC3)c2C#N)CCC1=O. The smallest absolute Gasteiger partial charge is 0.224 e. The van der Waals surface area contributed by atoms with E-state index in [1.165, 1.54) is 0 Å². The number of hydrogen-bond donors (Lipinski definition) is 0. The fraction of sp³-hybridized carbons (Fsp3) is 0.500. The lowest BCUT2D eigenvalue weighted by Gasteiger charge is -2.23. The van der Waals surface area contributed by atoms with Gasteiger partial charge in [0.05, 0.1) is 11.1 Å². The third kappa shape index (κ3) is 2.48. The van der Waals surface area contributed by atoms with Gasteiger partial charge in [-0.25, -0.2) is 4.98 Å². The van der Waals surface area contributed by atoms with Gasteiger partial charge in [0.25, 0.3) is 0 Å². The standard InChI is InChI=1S/C16H17N5O/c1-20-6-7-21(5-4-14(20)22)16-13(9-18)15(11-2-3-11)12(8-17)10-19-16/h10-11H,2-7H2,1H3. The summed E-state index contributed by atoms with van der Waals surface area (Å²) in [6, 6.07) is 4.40. The molecule has 0 unspecified atom stereocenters. The molecule has 1 saturated carbocycles. The minimum Gasteiger partial charge on any atom is -0.353 e. The third-order valence-corrected chi connectivity index (χ3v) is 4.34. The number of carbonyl (C=O) groups excluding carboxylic acids is 1. The molecule has 112 valence electrons. The molecule has 1 amide bonds. The van der Waals surface area contributed by atoms with Crippen LogP contribution in [-0.2, 0) is 4.79 Å². The number of nitrogens with zero attached hydrogens (tertiary/aromatic N) is 5. The van der Waals surface area contributed by atoms with Crippen LogP contribution in [0.2, 0.25) is 0 Å². The van der Waals surface area contributed by atoms with E-state index in [1.54, 1.807) is 18.1 Å². The molecule has 0 atom stereocenters. The topological polar surface area (TPSA) is 84.0 Å². The molecular formula is C16H17N5O. The zero-order valence-corrected chi connectivity index (χ0v) is 12.5. The van der Waals surface area contributed by atoms with Crippen LogP contribution in [0.15, 0.2) is 6.20 Å². The Hall–Kier alpha value is -2.60. The summed E-state index contributed by atoms with van der Waals surface area (Å²) >= 11 is 0. The van der Waals surface area contributed by atoms with Crippen LogP contribution < -0.4 is 4.90 Å². The number of amides is 1. The molecule has 0 N–H and O–H groups in total. The number of anilines is 1. The summed E-state index contributed by atoms with van der Waals surface area (Å²) < 4.78 is 0. The lowest BCUT2D eigenvalue weighted by Crippen LogP contribution is -2.31. The van der Waals surface area contributed by atoms with Gasteiger partial charge in [0.15, 0.2) is 0 Å². The summed E-state index contributed by atoms with van der Waals surface area (Å²) in [5, 5.41) is 18.9. The highest BCUT2D eigenvalue weighted by Gasteiger charge is 2.32. The highest BCUT2D eigenvalue weighted by molar-refractivity contribution is 5.77. The van der Waals surface area contributed by atoms with Crippen molar-refractivity contribution >= 4 is 11.7 Å². The Morgan fingerprint density at radius 1 is 1.23 bits per heavy atom. The van der Waals surface area contributed by atoms with Gasteiger partial charge in [-0.2, -0.15) is 10.5 Å². The van der Waals surface area contributed by atoms with Crippen molar-refractivity contribution in [2.45, 2.75) is 25.2 Å². The molecule has 1 saturated heterocycles. The summed E-state index contributed by atoms with van der Waals surface area (Å²) in [7, 11) is 1.79. The summed E-state index contributed by atoms with van der Waals surface area (Å²) in [4.78, 5) is 19.9. The molecule has 1 aromatic heterocycles. The number of carbonyl (C=O) groups is 1. The van der Waals surface area contributed by atoms with Crippen LogP contribution in [0.1, 0.15) is 41.9 Å². The molecule has 2 fully saturated rings. The average molecular weight is 295 g/mol. The van der Waals surface area contributed by atoms with E-state index in [0.29, 0.717) is 48.9 Å². The van der Waals surface area contributed by atoms with Crippen molar-refractivity contribution in [3.8, 4) is 12.1 Å². The van der Waals surface area contributed by atoms with Gasteiger partial charge in [-0.05, 0) is 24.3 Å². The van der Waals surface area contributed by atoms with Crippen molar-refractivity contribution in [1.82, 2.24) is 9.88 Å². The average Bonchev–Trinajstić information content (AvgIpc) is 3.37. The molecule has 0 bridgehead atoms. The molecule has 1 aliphatic carbocycles. The van der Waals surface area contributed by atoms with E-state index in [9.17, 15) is 15.3 Å². The normalized spacial score (nSPS) is 18.6. The molecular weight excluding hydrogens is 278 g/mol. The van der Waals surface area contributed by atoms with Crippen molar-refractivity contribution in [3.63, 3.8) is 0 Å². The van der Waals surface area contributed by atoms with Gasteiger partial charge in [0.2, 0.25) is 5.91 Å². The Bertz CT molecular complexity index is 696. The highest BCUT2D eigenvalue weighted by Crippen LogP contribution is 2.44. The zero-order valence-electron chi connectivity index (χ0n) is 12.5. The second-order valence-electron chi connectivity index (χ2n) is 5.83. The summed E-state index contributed by atoms with van der Waals surface area (Å²) in [5.74, 6) is 1.03. The van der Waals surface area contributed by atoms with Gasteiger partial charge in [-0.1, -0.05) is 0 Å². The van der Waals surface area contributed by atoms with Crippen molar-refractivity contribution in [3.05, 3.63) is 22.9 Å². The second-order valence-corrected chi connectivity index (χ2v) is 5.83. The molecule has 6 nitrogen and oxygen atoms in total. The minimum absolute atomic E-state index is 0.108. The van der Waals surface area contributed by atoms with Crippen molar-refractivity contribution in [2.75, 3.05) is 31.6 Å². The molecule has 0 spiro atoms. The fourth-order valence-corrected chi connectivity index (χ4v) is 2.89. The maximum Gasteiger partial charge on any atom is 0.224 e. The van der Waals surface area contributed by atoms with Crippen LogP contribution in [0.25, 0.3) is 0 Å². The third-order valence-electron chi connectivity index (χ3n) is 4.34. The first-order valence-corrected chi connectivity index (χ1v) is 7.47. The van der Waals surface area contributed by atoms with E-state index in [-0.39, 0.29) is 5.91 Å². The molecule has 0 radical (unpaired) electrons. The van der Waals surface area contributed by atoms with Crippen LogP contribution in [0.3, 0.4) is 0 Å². The first-order chi connectivity index (χ1) is 10.7. The Morgan fingerprint density at radius 2 is 2.00 bits per heavy atom. The molecule has 0 aromatic carbocycles. The predicted octanol–water partition coefficient (Wildman–Crippen LogP) is 1.37. The summed E-state index contributed by atoms with van der Waals surface area (Å²) in [6.07, 6.45) is 4.03. The van der Waals surface area contributed by atoms with Crippen molar-refractivity contribution in [1.29, 1.82) is 10.5 Å². The number of hydrogen-bond acceptors (Lipinski definition) is 5. The molecule has 2 heterocycles. The largest absolute Gasteiger partial charge is 0.353 e. The van der Waals surface area contributed by atoms with Crippen LogP contribution in [0.4, 0.5) is 5.82 Å². The van der Waals surface area contributed by atoms with Crippen LogP contribution in [0, 0.1) is 22.7 Å².